The van der Waals surface area contributed by atoms with Crippen molar-refractivity contribution in [1.82, 2.24) is 0 Å². The Morgan fingerprint density at radius 1 is 0.810 bits per heavy atom. The molecule has 0 aliphatic rings. The lowest BCUT2D eigenvalue weighted by Crippen LogP contribution is -2.08. The molecule has 0 aliphatic carbocycles. The fraction of sp³-hybridized carbons (Fsp3) is 0.111. The fourth-order valence-corrected chi connectivity index (χ4v) is 4.06. The van der Waals surface area contributed by atoms with Crippen LogP contribution in [0.4, 0.5) is 5.69 Å². The predicted molar refractivity (Wildman–Crippen MR) is 102 cm³/mol. The molecule has 0 heterocycles. The zero-order valence-electron chi connectivity index (χ0n) is 12.0. The molecule has 0 radical (unpaired) electrons. The van der Waals surface area contributed by atoms with Crippen LogP contribution in [-0.2, 0) is 0 Å². The summed E-state index contributed by atoms with van der Waals surface area (Å²) in [6.07, 6.45) is 0. The Hall–Kier alpha value is -1.20. The summed E-state index contributed by atoms with van der Waals surface area (Å²) in [5.74, 6) is 0. The van der Waals surface area contributed by atoms with Crippen molar-refractivity contribution in [3.05, 3.63) is 64.2 Å². The van der Waals surface area contributed by atoms with E-state index < -0.39 is 0 Å². The second-order valence-corrected chi connectivity index (χ2v) is 7.54. The molecule has 0 N–H and O–H groups in total. The molecule has 0 atom stereocenters. The van der Waals surface area contributed by atoms with Gasteiger partial charge in [0.25, 0.3) is 0 Å². The molecule has 1 nitrogen and oxygen atoms in total. The van der Waals surface area contributed by atoms with Crippen molar-refractivity contribution < 1.29 is 0 Å². The molecular weight excluding hydrogens is 389 g/mol. The first-order valence-corrected chi connectivity index (χ1v) is 8.66. The molecule has 3 heteroatoms. The van der Waals surface area contributed by atoms with Gasteiger partial charge < -0.3 is 4.90 Å². The van der Waals surface area contributed by atoms with Crippen LogP contribution in [0, 0.1) is 3.57 Å². The molecule has 3 aromatic rings. The molecule has 0 aliphatic heterocycles. The SMILES string of the molecule is CN(C)c1cc(I)cc(Sc2ccc3ccccc3c2)c1. The number of anilines is 1. The maximum Gasteiger partial charge on any atom is 0.0382 e. The lowest BCUT2D eigenvalue weighted by molar-refractivity contribution is 1.12. The Morgan fingerprint density at radius 2 is 1.57 bits per heavy atom. The first kappa shape index (κ1) is 14.7. The van der Waals surface area contributed by atoms with Crippen molar-refractivity contribution >= 4 is 50.8 Å². The van der Waals surface area contributed by atoms with Gasteiger partial charge in [-0.3, -0.25) is 0 Å². The van der Waals surface area contributed by atoms with Crippen molar-refractivity contribution in [2.24, 2.45) is 0 Å². The van der Waals surface area contributed by atoms with Gasteiger partial charge >= 0.3 is 0 Å². The van der Waals surface area contributed by atoms with Gasteiger partial charge in [-0.2, -0.15) is 0 Å². The normalized spacial score (nSPS) is 10.8. The second-order valence-electron chi connectivity index (χ2n) is 5.15. The van der Waals surface area contributed by atoms with Gasteiger partial charge in [0.15, 0.2) is 0 Å². The van der Waals surface area contributed by atoms with Gasteiger partial charge in [-0.15, -0.1) is 0 Å². The molecule has 0 spiro atoms. The maximum absolute atomic E-state index is 2.38. The van der Waals surface area contributed by atoms with Gasteiger partial charge in [0, 0.05) is 33.1 Å². The number of fused-ring (bicyclic) bond motifs is 1. The van der Waals surface area contributed by atoms with Gasteiger partial charge in [0.1, 0.15) is 0 Å². The van der Waals surface area contributed by atoms with Gasteiger partial charge in [-0.05, 0) is 63.7 Å². The molecule has 0 fully saturated rings. The third-order valence-electron chi connectivity index (χ3n) is 3.33. The Morgan fingerprint density at radius 3 is 2.33 bits per heavy atom. The topological polar surface area (TPSA) is 3.24 Å². The quantitative estimate of drug-likeness (QED) is 0.518. The molecule has 0 saturated carbocycles. The summed E-state index contributed by atoms with van der Waals surface area (Å²) < 4.78 is 1.27. The minimum absolute atomic E-state index is 1.24. The number of hydrogen-bond donors (Lipinski definition) is 0. The molecule has 21 heavy (non-hydrogen) atoms. The van der Waals surface area contributed by atoms with Crippen LogP contribution in [0.2, 0.25) is 0 Å². The number of hydrogen-bond acceptors (Lipinski definition) is 2. The molecular formula is C18H16INS. The van der Waals surface area contributed by atoms with E-state index in [1.807, 2.05) is 11.8 Å². The number of halogens is 1. The Labute approximate surface area is 143 Å². The third kappa shape index (κ3) is 3.52. The zero-order valence-corrected chi connectivity index (χ0v) is 15.0. The van der Waals surface area contributed by atoms with Gasteiger partial charge in [-0.1, -0.05) is 42.1 Å². The number of rotatable bonds is 3. The highest BCUT2D eigenvalue weighted by molar-refractivity contribution is 14.1. The summed E-state index contributed by atoms with van der Waals surface area (Å²) in [7, 11) is 4.16. The van der Waals surface area contributed by atoms with Gasteiger partial charge in [-0.25, -0.2) is 0 Å². The average Bonchev–Trinajstić information content (AvgIpc) is 2.46. The summed E-state index contributed by atoms with van der Waals surface area (Å²) in [4.78, 5) is 4.70. The van der Waals surface area contributed by atoms with E-state index in [4.69, 9.17) is 0 Å². The Kier molecular flexibility index (Phi) is 4.40. The zero-order chi connectivity index (χ0) is 14.8. The van der Waals surface area contributed by atoms with E-state index in [1.165, 1.54) is 29.8 Å². The molecule has 0 unspecified atom stereocenters. The Bertz CT molecular complexity index is 783. The van der Waals surface area contributed by atoms with Crippen LogP contribution in [0.25, 0.3) is 10.8 Å². The van der Waals surface area contributed by atoms with Crippen molar-refractivity contribution in [3.8, 4) is 0 Å². The van der Waals surface area contributed by atoms with Crippen molar-refractivity contribution in [1.29, 1.82) is 0 Å². The smallest absolute Gasteiger partial charge is 0.0382 e. The lowest BCUT2D eigenvalue weighted by Gasteiger charge is -2.14. The highest BCUT2D eigenvalue weighted by atomic mass is 127. The monoisotopic (exact) mass is 405 g/mol. The first-order chi connectivity index (χ1) is 10.1. The second kappa shape index (κ2) is 6.28. The van der Waals surface area contributed by atoms with E-state index >= 15 is 0 Å². The number of benzene rings is 3. The summed E-state index contributed by atoms with van der Waals surface area (Å²) in [6, 6.07) is 21.8. The van der Waals surface area contributed by atoms with Gasteiger partial charge in [0.05, 0.1) is 0 Å². The van der Waals surface area contributed by atoms with Crippen LogP contribution in [0.1, 0.15) is 0 Å². The molecule has 0 saturated heterocycles. The van der Waals surface area contributed by atoms with Crippen LogP contribution in [0.15, 0.2) is 70.5 Å². The predicted octanol–water partition coefficient (Wildman–Crippen LogP) is 5.66. The van der Waals surface area contributed by atoms with Gasteiger partial charge in [0.2, 0.25) is 0 Å². The highest BCUT2D eigenvalue weighted by Gasteiger charge is 2.04. The standard InChI is InChI=1S/C18H16INS/c1-20(2)16-10-15(19)11-18(12-16)21-17-8-7-13-5-3-4-6-14(13)9-17/h3-12H,1-2H3. The van der Waals surface area contributed by atoms with Crippen LogP contribution < -0.4 is 4.90 Å². The minimum atomic E-state index is 1.24. The largest absolute Gasteiger partial charge is 0.378 e. The van der Waals surface area contributed by atoms with Crippen molar-refractivity contribution in [2.45, 2.75) is 9.79 Å². The first-order valence-electron chi connectivity index (χ1n) is 6.76. The van der Waals surface area contributed by atoms with E-state index in [-0.39, 0.29) is 0 Å². The fourth-order valence-electron chi connectivity index (χ4n) is 2.23. The Balaban J connectivity index is 1.94. The summed E-state index contributed by atoms with van der Waals surface area (Å²) in [5.41, 5.74) is 1.24. The van der Waals surface area contributed by atoms with Crippen LogP contribution in [-0.4, -0.2) is 14.1 Å². The van der Waals surface area contributed by atoms with E-state index in [2.05, 4.69) is 102 Å². The summed E-state index contributed by atoms with van der Waals surface area (Å²) in [5, 5.41) is 2.58. The van der Waals surface area contributed by atoms with Crippen molar-refractivity contribution in [3.63, 3.8) is 0 Å². The molecule has 0 bridgehead atoms. The third-order valence-corrected chi connectivity index (χ3v) is 4.91. The summed E-state index contributed by atoms with van der Waals surface area (Å²) in [6.45, 7) is 0. The van der Waals surface area contributed by atoms with E-state index in [1.54, 1.807) is 0 Å². The van der Waals surface area contributed by atoms with Crippen LogP contribution >= 0.6 is 34.4 Å². The van der Waals surface area contributed by atoms with Crippen molar-refractivity contribution in [2.75, 3.05) is 19.0 Å². The van der Waals surface area contributed by atoms with E-state index in [0.29, 0.717) is 0 Å². The van der Waals surface area contributed by atoms with E-state index in [0.717, 1.165) is 0 Å². The lowest BCUT2D eigenvalue weighted by atomic mass is 10.1. The molecule has 3 rings (SSSR count). The van der Waals surface area contributed by atoms with Crippen LogP contribution in [0.5, 0.6) is 0 Å². The maximum atomic E-state index is 2.38. The highest BCUT2D eigenvalue weighted by Crippen LogP contribution is 2.33. The average molecular weight is 405 g/mol. The molecule has 0 aromatic heterocycles. The molecule has 3 aromatic carbocycles. The van der Waals surface area contributed by atoms with E-state index in [9.17, 15) is 0 Å². The molecule has 106 valence electrons. The molecule has 0 amide bonds. The minimum Gasteiger partial charge on any atom is -0.378 e. The number of nitrogens with zero attached hydrogens (tertiary/aromatic N) is 1. The van der Waals surface area contributed by atoms with Crippen LogP contribution in [0.3, 0.4) is 0 Å². The summed E-state index contributed by atoms with van der Waals surface area (Å²) >= 11 is 4.20.